The van der Waals surface area contributed by atoms with Gasteiger partial charge in [0.15, 0.2) is 5.96 Å². The van der Waals surface area contributed by atoms with Crippen LogP contribution >= 0.6 is 35.7 Å². The highest BCUT2D eigenvalue weighted by molar-refractivity contribution is 14.0. The zero-order chi connectivity index (χ0) is 17.3. The molecule has 0 atom stereocenters. The van der Waals surface area contributed by atoms with Gasteiger partial charge in [0.05, 0.1) is 6.54 Å². The SMILES string of the molecule is CCNC(=NCc1ccccc1OC(F)F)NCC(C)(C)SC.I. The number of guanidine groups is 1. The fraction of sp³-hybridized carbons (Fsp3) is 0.562. The van der Waals surface area contributed by atoms with Crippen molar-refractivity contribution in [1.29, 1.82) is 0 Å². The van der Waals surface area contributed by atoms with Crippen LogP contribution in [0.2, 0.25) is 0 Å². The van der Waals surface area contributed by atoms with Crippen LogP contribution in [0.3, 0.4) is 0 Å². The summed E-state index contributed by atoms with van der Waals surface area (Å²) in [5.41, 5.74) is 0.620. The topological polar surface area (TPSA) is 45.7 Å². The van der Waals surface area contributed by atoms with Crippen molar-refractivity contribution in [1.82, 2.24) is 10.6 Å². The predicted molar refractivity (Wildman–Crippen MR) is 109 cm³/mol. The van der Waals surface area contributed by atoms with E-state index in [1.807, 2.05) is 6.92 Å². The highest BCUT2D eigenvalue weighted by Crippen LogP contribution is 2.21. The molecule has 8 heteroatoms. The van der Waals surface area contributed by atoms with Gasteiger partial charge < -0.3 is 15.4 Å². The van der Waals surface area contributed by atoms with E-state index < -0.39 is 6.61 Å². The monoisotopic (exact) mass is 473 g/mol. The number of nitrogens with one attached hydrogen (secondary N) is 2. The van der Waals surface area contributed by atoms with E-state index in [-0.39, 0.29) is 41.0 Å². The second kappa shape index (κ2) is 11.7. The molecule has 0 heterocycles. The molecule has 1 rings (SSSR count). The van der Waals surface area contributed by atoms with Gasteiger partial charge in [-0.1, -0.05) is 18.2 Å². The molecule has 1 aromatic carbocycles. The van der Waals surface area contributed by atoms with Crippen LogP contribution in [0.25, 0.3) is 0 Å². The van der Waals surface area contributed by atoms with E-state index in [2.05, 4.69) is 40.5 Å². The van der Waals surface area contributed by atoms with Gasteiger partial charge in [0.25, 0.3) is 0 Å². The molecule has 1 aromatic rings. The predicted octanol–water partition coefficient (Wildman–Crippen LogP) is 4.10. The molecule has 0 bridgehead atoms. The molecule has 4 nitrogen and oxygen atoms in total. The van der Waals surface area contributed by atoms with Crippen LogP contribution in [-0.4, -0.2) is 36.7 Å². The lowest BCUT2D eigenvalue weighted by molar-refractivity contribution is -0.0504. The number of halogens is 3. The molecule has 0 radical (unpaired) electrons. The van der Waals surface area contributed by atoms with Gasteiger partial charge in [0.2, 0.25) is 0 Å². The number of rotatable bonds is 8. The normalized spacial score (nSPS) is 11.9. The van der Waals surface area contributed by atoms with E-state index in [0.29, 0.717) is 11.5 Å². The first-order valence-corrected chi connectivity index (χ1v) is 8.70. The minimum absolute atomic E-state index is 0. The third kappa shape index (κ3) is 8.91. The van der Waals surface area contributed by atoms with E-state index in [9.17, 15) is 8.78 Å². The number of alkyl halides is 2. The van der Waals surface area contributed by atoms with Crippen LogP contribution in [0.4, 0.5) is 8.78 Å². The molecule has 0 unspecified atom stereocenters. The van der Waals surface area contributed by atoms with Crippen molar-refractivity contribution < 1.29 is 13.5 Å². The number of para-hydroxylation sites is 1. The minimum Gasteiger partial charge on any atom is -0.434 e. The summed E-state index contributed by atoms with van der Waals surface area (Å²) < 4.78 is 29.5. The minimum atomic E-state index is -2.84. The van der Waals surface area contributed by atoms with E-state index >= 15 is 0 Å². The number of benzene rings is 1. The van der Waals surface area contributed by atoms with Crippen molar-refractivity contribution in [3.05, 3.63) is 29.8 Å². The molecule has 0 saturated heterocycles. The smallest absolute Gasteiger partial charge is 0.387 e. The quantitative estimate of drug-likeness (QED) is 0.339. The first-order chi connectivity index (χ1) is 10.9. The molecule has 0 aromatic heterocycles. The zero-order valence-corrected chi connectivity index (χ0v) is 17.6. The lowest BCUT2D eigenvalue weighted by Crippen LogP contribution is -2.43. The van der Waals surface area contributed by atoms with Crippen molar-refractivity contribution in [3.63, 3.8) is 0 Å². The largest absolute Gasteiger partial charge is 0.434 e. The summed E-state index contributed by atoms with van der Waals surface area (Å²) in [6.07, 6.45) is 2.06. The maximum absolute atomic E-state index is 12.4. The maximum Gasteiger partial charge on any atom is 0.387 e. The van der Waals surface area contributed by atoms with E-state index in [4.69, 9.17) is 0 Å². The Morgan fingerprint density at radius 3 is 2.54 bits per heavy atom. The fourth-order valence-corrected chi connectivity index (χ4v) is 1.94. The number of hydrogen-bond donors (Lipinski definition) is 2. The first-order valence-electron chi connectivity index (χ1n) is 7.48. The Labute approximate surface area is 164 Å². The lowest BCUT2D eigenvalue weighted by Gasteiger charge is -2.23. The van der Waals surface area contributed by atoms with Crippen LogP contribution in [0, 0.1) is 0 Å². The number of aliphatic imine (C=N–C) groups is 1. The Bertz CT molecular complexity index is 516. The molecule has 2 N–H and O–H groups in total. The average molecular weight is 473 g/mol. The van der Waals surface area contributed by atoms with Gasteiger partial charge >= 0.3 is 6.61 Å². The Morgan fingerprint density at radius 2 is 1.96 bits per heavy atom. The average Bonchev–Trinajstić information content (AvgIpc) is 2.51. The zero-order valence-electron chi connectivity index (χ0n) is 14.4. The third-order valence-electron chi connectivity index (χ3n) is 3.17. The second-order valence-corrected chi connectivity index (χ2v) is 7.01. The van der Waals surface area contributed by atoms with Crippen molar-refractivity contribution in [2.75, 3.05) is 19.3 Å². The van der Waals surface area contributed by atoms with Gasteiger partial charge in [-0.15, -0.1) is 24.0 Å². The van der Waals surface area contributed by atoms with Crippen molar-refractivity contribution in [2.24, 2.45) is 4.99 Å². The molecule has 0 saturated carbocycles. The van der Waals surface area contributed by atoms with Crippen LogP contribution in [0.1, 0.15) is 26.3 Å². The van der Waals surface area contributed by atoms with Gasteiger partial charge in [0.1, 0.15) is 5.75 Å². The van der Waals surface area contributed by atoms with Crippen LogP contribution < -0.4 is 15.4 Å². The number of nitrogens with zero attached hydrogens (tertiary/aromatic N) is 1. The standard InChI is InChI=1S/C16H25F2N3OS.HI/c1-5-19-15(21-11-16(2,3)23-4)20-10-12-8-6-7-9-13(12)22-14(17)18;/h6-9,14H,5,10-11H2,1-4H3,(H2,19,20,21);1H. The summed E-state index contributed by atoms with van der Waals surface area (Å²) in [5, 5.41) is 6.42. The number of hydrogen-bond acceptors (Lipinski definition) is 3. The van der Waals surface area contributed by atoms with Gasteiger partial charge in [-0.05, 0) is 33.1 Å². The Morgan fingerprint density at radius 1 is 1.29 bits per heavy atom. The van der Waals surface area contributed by atoms with Crippen molar-refractivity contribution in [3.8, 4) is 5.75 Å². The highest BCUT2D eigenvalue weighted by atomic mass is 127. The van der Waals surface area contributed by atoms with Gasteiger partial charge in [-0.25, -0.2) is 4.99 Å². The summed E-state index contributed by atoms with van der Waals surface area (Å²) in [6.45, 7) is 5.15. The van der Waals surface area contributed by atoms with Crippen molar-refractivity contribution in [2.45, 2.75) is 38.7 Å². The van der Waals surface area contributed by atoms with Gasteiger partial charge in [0, 0.05) is 23.4 Å². The molecule has 0 aliphatic carbocycles. The molecule has 0 amide bonds. The molecule has 0 aliphatic heterocycles. The van der Waals surface area contributed by atoms with Crippen LogP contribution in [0.5, 0.6) is 5.75 Å². The summed E-state index contributed by atoms with van der Waals surface area (Å²) >= 11 is 1.76. The Balaban J connectivity index is 0.00000529. The maximum atomic E-state index is 12.4. The summed E-state index contributed by atoms with van der Waals surface area (Å²) in [5.74, 6) is 0.813. The molecule has 138 valence electrons. The van der Waals surface area contributed by atoms with E-state index in [1.165, 1.54) is 6.07 Å². The van der Waals surface area contributed by atoms with Crippen molar-refractivity contribution >= 4 is 41.7 Å². The Kier molecular flexibility index (Phi) is 11.4. The Hall–Kier alpha value is -0.770. The fourth-order valence-electron chi connectivity index (χ4n) is 1.72. The van der Waals surface area contributed by atoms with Crippen LogP contribution in [-0.2, 0) is 6.54 Å². The molecule has 0 fully saturated rings. The first kappa shape index (κ1) is 23.2. The summed E-state index contributed by atoms with van der Waals surface area (Å²) in [6, 6.07) is 6.69. The highest BCUT2D eigenvalue weighted by Gasteiger charge is 2.16. The van der Waals surface area contributed by atoms with Gasteiger partial charge in [-0.3, -0.25) is 0 Å². The lowest BCUT2D eigenvalue weighted by atomic mass is 10.2. The van der Waals surface area contributed by atoms with E-state index in [1.54, 1.807) is 30.0 Å². The summed E-state index contributed by atoms with van der Waals surface area (Å²) in [4.78, 5) is 4.45. The molecule has 0 aliphatic rings. The molecular weight excluding hydrogens is 447 g/mol. The molecular formula is C16H26F2IN3OS. The third-order valence-corrected chi connectivity index (χ3v) is 4.42. The molecule has 0 spiro atoms. The number of ether oxygens (including phenoxy) is 1. The number of thioether (sulfide) groups is 1. The summed E-state index contributed by atoms with van der Waals surface area (Å²) in [7, 11) is 0. The van der Waals surface area contributed by atoms with Gasteiger partial charge in [-0.2, -0.15) is 20.5 Å². The van der Waals surface area contributed by atoms with E-state index in [0.717, 1.165) is 13.1 Å². The second-order valence-electron chi connectivity index (χ2n) is 5.50. The van der Waals surface area contributed by atoms with Crippen LogP contribution in [0.15, 0.2) is 29.3 Å². The molecule has 24 heavy (non-hydrogen) atoms.